The lowest BCUT2D eigenvalue weighted by molar-refractivity contribution is -0.140. The number of urea groups is 1. The zero-order valence-corrected chi connectivity index (χ0v) is 20.9. The van der Waals surface area contributed by atoms with Gasteiger partial charge < -0.3 is 14.8 Å². The van der Waals surface area contributed by atoms with Gasteiger partial charge in [0.25, 0.3) is 0 Å². The molecule has 0 bridgehead atoms. The molecule has 1 atom stereocenters. The maximum atomic E-state index is 13.4. The number of ether oxygens (including phenoxy) is 2. The summed E-state index contributed by atoms with van der Waals surface area (Å²) in [6.07, 6.45) is 0. The van der Waals surface area contributed by atoms with Gasteiger partial charge in [-0.2, -0.15) is 0 Å². The minimum absolute atomic E-state index is 0.188. The second-order valence-corrected chi connectivity index (χ2v) is 9.26. The van der Waals surface area contributed by atoms with Gasteiger partial charge in [0.1, 0.15) is 12.4 Å². The summed E-state index contributed by atoms with van der Waals surface area (Å²) in [5, 5.41) is 3.04. The largest absolute Gasteiger partial charge is 0.489 e. The quantitative estimate of drug-likeness (QED) is 0.378. The monoisotopic (exact) mass is 484 g/mol. The van der Waals surface area contributed by atoms with E-state index in [0.29, 0.717) is 42.3 Å². The van der Waals surface area contributed by atoms with Crippen LogP contribution in [0.25, 0.3) is 0 Å². The van der Waals surface area contributed by atoms with Crippen molar-refractivity contribution < 1.29 is 19.1 Å². The average molecular weight is 485 g/mol. The first-order chi connectivity index (χ1) is 17.4. The van der Waals surface area contributed by atoms with Crippen LogP contribution in [0.1, 0.15) is 43.5 Å². The third-order valence-electron chi connectivity index (χ3n) is 6.01. The van der Waals surface area contributed by atoms with E-state index in [1.165, 1.54) is 0 Å². The first-order valence-electron chi connectivity index (χ1n) is 12.2. The predicted molar refractivity (Wildman–Crippen MR) is 139 cm³/mol. The molecule has 0 aromatic heterocycles. The molecule has 0 aliphatic carbocycles. The van der Waals surface area contributed by atoms with E-state index in [1.54, 1.807) is 11.8 Å². The molecule has 0 radical (unpaired) electrons. The number of benzene rings is 3. The van der Waals surface area contributed by atoms with Gasteiger partial charge in [0.05, 0.1) is 24.8 Å². The normalized spacial score (nSPS) is 15.6. The van der Waals surface area contributed by atoms with Gasteiger partial charge in [-0.25, -0.2) is 9.59 Å². The molecule has 1 aliphatic rings. The van der Waals surface area contributed by atoms with E-state index in [2.05, 4.69) is 5.32 Å². The molecule has 6 heteroatoms. The maximum Gasteiger partial charge on any atom is 0.338 e. The molecule has 1 heterocycles. The van der Waals surface area contributed by atoms with Crippen molar-refractivity contribution in [1.29, 1.82) is 0 Å². The van der Waals surface area contributed by atoms with Crippen LogP contribution >= 0.6 is 0 Å². The first-order valence-corrected chi connectivity index (χ1v) is 12.2. The van der Waals surface area contributed by atoms with Crippen LogP contribution in [0.3, 0.4) is 0 Å². The molecule has 3 aromatic rings. The molecule has 0 saturated carbocycles. The standard InChI is InChI=1S/C30H32N2O4/c1-21(2)19-36-29(33)27-22(3)32(18-23-12-6-4-7-13-23)30(34)31-28(27)25-16-10-11-17-26(25)35-20-24-14-8-5-9-15-24/h4-17,21,28H,18-20H2,1-3H3,(H,31,34)/t28-/m1/s1. The van der Waals surface area contributed by atoms with E-state index >= 15 is 0 Å². The molecule has 186 valence electrons. The summed E-state index contributed by atoms with van der Waals surface area (Å²) in [6.45, 7) is 6.79. The van der Waals surface area contributed by atoms with Gasteiger partial charge in [-0.3, -0.25) is 4.90 Å². The summed E-state index contributed by atoms with van der Waals surface area (Å²) in [4.78, 5) is 28.3. The van der Waals surface area contributed by atoms with E-state index in [9.17, 15) is 9.59 Å². The molecule has 0 spiro atoms. The molecule has 2 amide bonds. The highest BCUT2D eigenvalue weighted by atomic mass is 16.5. The smallest absolute Gasteiger partial charge is 0.338 e. The van der Waals surface area contributed by atoms with Gasteiger partial charge in [0.15, 0.2) is 0 Å². The van der Waals surface area contributed by atoms with Crippen LogP contribution in [0.15, 0.2) is 96.2 Å². The molecule has 1 N–H and O–H groups in total. The Hall–Kier alpha value is -4.06. The molecule has 4 rings (SSSR count). The minimum Gasteiger partial charge on any atom is -0.489 e. The fraction of sp³-hybridized carbons (Fsp3) is 0.267. The highest BCUT2D eigenvalue weighted by Crippen LogP contribution is 2.36. The Balaban J connectivity index is 1.69. The van der Waals surface area contributed by atoms with E-state index in [0.717, 1.165) is 11.1 Å². The summed E-state index contributed by atoms with van der Waals surface area (Å²) in [5.74, 6) is 0.348. The van der Waals surface area contributed by atoms with Crippen molar-refractivity contribution in [2.24, 2.45) is 5.92 Å². The second kappa shape index (κ2) is 11.6. The van der Waals surface area contributed by atoms with Crippen LogP contribution < -0.4 is 10.1 Å². The number of amides is 2. The topological polar surface area (TPSA) is 67.9 Å². The van der Waals surface area contributed by atoms with Crippen LogP contribution in [0, 0.1) is 5.92 Å². The minimum atomic E-state index is -0.698. The number of carbonyl (C=O) groups excluding carboxylic acids is 2. The zero-order chi connectivity index (χ0) is 25.5. The van der Waals surface area contributed by atoms with Gasteiger partial charge in [-0.1, -0.05) is 92.7 Å². The van der Waals surface area contributed by atoms with Crippen LogP contribution in [0.5, 0.6) is 5.75 Å². The van der Waals surface area contributed by atoms with Crippen LogP contribution in [0.2, 0.25) is 0 Å². The highest BCUT2D eigenvalue weighted by Gasteiger charge is 2.37. The number of hydrogen-bond acceptors (Lipinski definition) is 4. The van der Waals surface area contributed by atoms with E-state index < -0.39 is 12.0 Å². The van der Waals surface area contributed by atoms with Crippen LogP contribution in [-0.4, -0.2) is 23.5 Å². The molecular formula is C30H32N2O4. The number of carbonyl (C=O) groups is 2. The lowest BCUT2D eigenvalue weighted by atomic mass is 9.94. The third-order valence-corrected chi connectivity index (χ3v) is 6.01. The van der Waals surface area contributed by atoms with Gasteiger partial charge in [-0.05, 0) is 30.0 Å². The fourth-order valence-electron chi connectivity index (χ4n) is 4.14. The van der Waals surface area contributed by atoms with Crippen molar-refractivity contribution >= 4 is 12.0 Å². The molecule has 36 heavy (non-hydrogen) atoms. The van der Waals surface area contributed by atoms with Crippen molar-refractivity contribution in [1.82, 2.24) is 10.2 Å². The number of esters is 1. The Morgan fingerprint density at radius 1 is 0.917 bits per heavy atom. The molecule has 0 saturated heterocycles. The Morgan fingerprint density at radius 2 is 1.53 bits per heavy atom. The van der Waals surface area contributed by atoms with E-state index in [1.807, 2.05) is 98.8 Å². The Morgan fingerprint density at radius 3 is 2.19 bits per heavy atom. The molecule has 1 aliphatic heterocycles. The van der Waals surface area contributed by atoms with Crippen molar-refractivity contribution in [2.75, 3.05) is 6.61 Å². The number of para-hydroxylation sites is 1. The lowest BCUT2D eigenvalue weighted by Gasteiger charge is -2.36. The molecule has 6 nitrogen and oxygen atoms in total. The Kier molecular flexibility index (Phi) is 8.06. The molecule has 3 aromatic carbocycles. The first kappa shape index (κ1) is 25.0. The van der Waals surface area contributed by atoms with E-state index in [-0.39, 0.29) is 11.9 Å². The third kappa shape index (κ3) is 5.95. The van der Waals surface area contributed by atoms with Gasteiger partial charge in [0, 0.05) is 11.3 Å². The number of allylic oxidation sites excluding steroid dienone is 1. The number of hydrogen-bond donors (Lipinski definition) is 1. The van der Waals surface area contributed by atoms with Crippen molar-refractivity contribution in [3.8, 4) is 5.75 Å². The van der Waals surface area contributed by atoms with Crippen molar-refractivity contribution in [2.45, 2.75) is 40.0 Å². The number of nitrogens with one attached hydrogen (secondary N) is 1. The Bertz CT molecular complexity index is 1220. The van der Waals surface area contributed by atoms with Gasteiger partial charge >= 0.3 is 12.0 Å². The zero-order valence-electron chi connectivity index (χ0n) is 20.9. The summed E-state index contributed by atoms with van der Waals surface area (Å²) >= 11 is 0. The Labute approximate surface area is 212 Å². The SMILES string of the molecule is CC1=C(C(=O)OCC(C)C)[C@@H](c2ccccc2OCc2ccccc2)NC(=O)N1Cc1ccccc1. The lowest BCUT2D eigenvalue weighted by Crippen LogP contribution is -2.47. The average Bonchev–Trinajstić information content (AvgIpc) is 2.89. The fourth-order valence-corrected chi connectivity index (χ4v) is 4.14. The molecule has 0 unspecified atom stereocenters. The summed E-state index contributed by atoms with van der Waals surface area (Å²) in [7, 11) is 0. The summed E-state index contributed by atoms with van der Waals surface area (Å²) in [6, 6.07) is 26.1. The predicted octanol–water partition coefficient (Wildman–Crippen LogP) is 6.01. The van der Waals surface area contributed by atoms with Crippen molar-refractivity contribution in [3.05, 3.63) is 113 Å². The summed E-state index contributed by atoms with van der Waals surface area (Å²) < 4.78 is 11.8. The van der Waals surface area contributed by atoms with Gasteiger partial charge in [-0.15, -0.1) is 0 Å². The van der Waals surface area contributed by atoms with E-state index in [4.69, 9.17) is 9.47 Å². The summed E-state index contributed by atoms with van der Waals surface area (Å²) in [5.41, 5.74) is 3.67. The van der Waals surface area contributed by atoms with Crippen molar-refractivity contribution in [3.63, 3.8) is 0 Å². The second-order valence-electron chi connectivity index (χ2n) is 9.26. The van der Waals surface area contributed by atoms with Gasteiger partial charge in [0.2, 0.25) is 0 Å². The highest BCUT2D eigenvalue weighted by molar-refractivity contribution is 5.95. The number of rotatable bonds is 9. The van der Waals surface area contributed by atoms with Crippen LogP contribution in [0.4, 0.5) is 4.79 Å². The maximum absolute atomic E-state index is 13.4. The number of nitrogens with zero attached hydrogens (tertiary/aromatic N) is 1. The molecular weight excluding hydrogens is 452 g/mol. The molecule has 0 fully saturated rings. The van der Waals surface area contributed by atoms with Crippen LogP contribution in [-0.2, 0) is 22.7 Å².